The molecule has 0 aromatic heterocycles. The number of hydrogen-bond acceptors (Lipinski definition) is 1. The Morgan fingerprint density at radius 2 is 1.43 bits per heavy atom. The molecule has 1 heteroatoms. The minimum absolute atomic E-state index is 0.0346. The molecule has 0 saturated heterocycles. The Hall–Kier alpha value is -2.54. The van der Waals surface area contributed by atoms with Crippen LogP contribution in [0, 0.1) is 5.41 Å². The summed E-state index contributed by atoms with van der Waals surface area (Å²) in [6, 6.07) is 13.6. The summed E-state index contributed by atoms with van der Waals surface area (Å²) in [5.41, 5.74) is 11.0. The maximum atomic E-state index is 3.76. The van der Waals surface area contributed by atoms with Gasteiger partial charge < -0.3 is 5.32 Å². The highest BCUT2D eigenvalue weighted by atomic mass is 14.9. The molecule has 0 amide bonds. The molecule has 0 atom stereocenters. The van der Waals surface area contributed by atoms with E-state index in [-0.39, 0.29) is 16.2 Å². The van der Waals surface area contributed by atoms with Gasteiger partial charge in [-0.2, -0.15) is 0 Å². The zero-order valence-corrected chi connectivity index (χ0v) is 17.8. The molecule has 2 aromatic carbocycles. The molecule has 1 aliphatic heterocycles. The van der Waals surface area contributed by atoms with Gasteiger partial charge in [0.05, 0.1) is 0 Å². The largest absolute Gasteiger partial charge is 0.355 e. The van der Waals surface area contributed by atoms with Crippen LogP contribution in [0.4, 0.5) is 5.69 Å². The summed E-state index contributed by atoms with van der Waals surface area (Å²) in [6.07, 6.45) is 9.24. The van der Waals surface area contributed by atoms with Crippen LogP contribution in [0.1, 0.15) is 58.2 Å². The standard InChI is InChI=1S/C27H29N/c1-25(2)15-13-19-21(14-16-25)28-22-12-11-20-23(24(22)27(19,5)6)17-9-7-8-10-18(17)26(20,3)4/h7-16,28H,1-6H3. The SMILES string of the molecule is CC1(C)C=CC2=C(C=C1)C(C)(C)c1c(ccc3c1-c1ccccc1C3(C)C)N2. The van der Waals surface area contributed by atoms with Gasteiger partial charge in [0.15, 0.2) is 0 Å². The van der Waals surface area contributed by atoms with Gasteiger partial charge in [0.25, 0.3) is 0 Å². The number of fused-ring (bicyclic) bond motifs is 5. The number of anilines is 1. The Morgan fingerprint density at radius 3 is 2.21 bits per heavy atom. The summed E-state index contributed by atoms with van der Waals surface area (Å²) in [4.78, 5) is 0. The lowest BCUT2D eigenvalue weighted by Gasteiger charge is -2.38. The third-order valence-corrected chi connectivity index (χ3v) is 6.97. The van der Waals surface area contributed by atoms with Gasteiger partial charge in [-0.3, -0.25) is 0 Å². The number of hydrogen-bond donors (Lipinski definition) is 1. The highest BCUT2D eigenvalue weighted by Crippen LogP contribution is 2.56. The van der Waals surface area contributed by atoms with E-state index < -0.39 is 0 Å². The van der Waals surface area contributed by atoms with Crippen molar-refractivity contribution in [3.05, 3.63) is 88.7 Å². The van der Waals surface area contributed by atoms with Gasteiger partial charge in [0, 0.05) is 27.6 Å². The average Bonchev–Trinajstić information content (AvgIpc) is 2.74. The molecule has 0 saturated carbocycles. The summed E-state index contributed by atoms with van der Waals surface area (Å²) >= 11 is 0. The first kappa shape index (κ1) is 17.6. The van der Waals surface area contributed by atoms with Gasteiger partial charge in [-0.15, -0.1) is 0 Å². The Labute approximate surface area is 168 Å². The van der Waals surface area contributed by atoms with Crippen molar-refractivity contribution >= 4 is 5.69 Å². The second-order valence-corrected chi connectivity index (χ2v) is 10.1. The van der Waals surface area contributed by atoms with Crippen LogP contribution in [0.3, 0.4) is 0 Å². The number of nitrogens with one attached hydrogen (secondary N) is 1. The molecular formula is C27H29N. The zero-order chi connectivity index (χ0) is 19.9. The monoisotopic (exact) mass is 367 g/mol. The van der Waals surface area contributed by atoms with Crippen LogP contribution >= 0.6 is 0 Å². The van der Waals surface area contributed by atoms with E-state index in [4.69, 9.17) is 0 Å². The summed E-state index contributed by atoms with van der Waals surface area (Å²) in [5.74, 6) is 0. The number of rotatable bonds is 0. The minimum atomic E-state index is -0.0734. The molecule has 142 valence electrons. The molecule has 2 aromatic rings. The second kappa shape index (κ2) is 5.29. The van der Waals surface area contributed by atoms with E-state index in [1.165, 1.54) is 44.8 Å². The first-order valence-corrected chi connectivity index (χ1v) is 10.3. The van der Waals surface area contributed by atoms with Crippen molar-refractivity contribution in [3.8, 4) is 11.1 Å². The van der Waals surface area contributed by atoms with E-state index in [1.54, 1.807) is 0 Å². The second-order valence-electron chi connectivity index (χ2n) is 10.1. The van der Waals surface area contributed by atoms with Gasteiger partial charge in [0.2, 0.25) is 0 Å². The van der Waals surface area contributed by atoms with E-state index in [9.17, 15) is 0 Å². The lowest BCUT2D eigenvalue weighted by molar-refractivity contribution is 0.615. The molecule has 1 N–H and O–H groups in total. The summed E-state index contributed by atoms with van der Waals surface area (Å²) in [6.45, 7) is 14.0. The first-order valence-electron chi connectivity index (χ1n) is 10.3. The van der Waals surface area contributed by atoms with Crippen molar-refractivity contribution in [2.24, 2.45) is 5.41 Å². The van der Waals surface area contributed by atoms with Gasteiger partial charge in [0.1, 0.15) is 0 Å². The van der Waals surface area contributed by atoms with Crippen molar-refractivity contribution in [1.29, 1.82) is 0 Å². The zero-order valence-electron chi connectivity index (χ0n) is 17.8. The minimum Gasteiger partial charge on any atom is -0.355 e. The van der Waals surface area contributed by atoms with Crippen molar-refractivity contribution in [2.45, 2.75) is 52.4 Å². The maximum Gasteiger partial charge on any atom is 0.0432 e. The van der Waals surface area contributed by atoms with Crippen molar-refractivity contribution < 1.29 is 0 Å². The Bertz CT molecular complexity index is 1100. The third-order valence-electron chi connectivity index (χ3n) is 6.97. The van der Waals surface area contributed by atoms with Crippen LogP contribution in [0.25, 0.3) is 11.1 Å². The van der Waals surface area contributed by atoms with Gasteiger partial charge in [-0.05, 0) is 45.5 Å². The van der Waals surface area contributed by atoms with Gasteiger partial charge in [-0.25, -0.2) is 0 Å². The van der Waals surface area contributed by atoms with Crippen LogP contribution in [0.15, 0.2) is 72.0 Å². The van der Waals surface area contributed by atoms with E-state index in [0.717, 1.165) is 0 Å². The number of benzene rings is 2. The van der Waals surface area contributed by atoms with E-state index >= 15 is 0 Å². The van der Waals surface area contributed by atoms with Crippen LogP contribution in [0.2, 0.25) is 0 Å². The highest BCUT2D eigenvalue weighted by molar-refractivity contribution is 5.90. The van der Waals surface area contributed by atoms with E-state index in [0.29, 0.717) is 0 Å². The normalized spacial score (nSPS) is 21.9. The molecule has 3 aliphatic rings. The van der Waals surface area contributed by atoms with Crippen LogP contribution < -0.4 is 5.32 Å². The first-order chi connectivity index (χ1) is 13.1. The fraction of sp³-hybridized carbons (Fsp3) is 0.333. The Morgan fingerprint density at radius 1 is 0.714 bits per heavy atom. The molecule has 0 radical (unpaired) electrons. The fourth-order valence-corrected chi connectivity index (χ4v) is 5.31. The van der Waals surface area contributed by atoms with Crippen molar-refractivity contribution in [3.63, 3.8) is 0 Å². The molecule has 1 heterocycles. The molecular weight excluding hydrogens is 338 g/mol. The van der Waals surface area contributed by atoms with E-state index in [2.05, 4.69) is 108 Å². The summed E-state index contributed by atoms with van der Waals surface area (Å²) in [5, 5.41) is 3.76. The summed E-state index contributed by atoms with van der Waals surface area (Å²) in [7, 11) is 0. The molecule has 0 bridgehead atoms. The van der Waals surface area contributed by atoms with Gasteiger partial charge in [-0.1, -0.05) is 90.1 Å². The van der Waals surface area contributed by atoms with Crippen molar-refractivity contribution in [1.82, 2.24) is 0 Å². The predicted molar refractivity (Wildman–Crippen MR) is 120 cm³/mol. The number of allylic oxidation sites excluding steroid dienone is 5. The molecule has 2 aliphatic carbocycles. The Balaban J connectivity index is 1.81. The summed E-state index contributed by atoms with van der Waals surface area (Å²) < 4.78 is 0. The van der Waals surface area contributed by atoms with Gasteiger partial charge >= 0.3 is 0 Å². The lowest BCUT2D eigenvalue weighted by atomic mass is 9.70. The predicted octanol–water partition coefficient (Wildman–Crippen LogP) is 7.10. The quantitative estimate of drug-likeness (QED) is 0.523. The molecule has 1 nitrogen and oxygen atoms in total. The highest BCUT2D eigenvalue weighted by Gasteiger charge is 2.43. The lowest BCUT2D eigenvalue weighted by Crippen LogP contribution is -2.29. The fourth-order valence-electron chi connectivity index (χ4n) is 5.31. The Kier molecular flexibility index (Phi) is 3.31. The van der Waals surface area contributed by atoms with Crippen LogP contribution in [-0.4, -0.2) is 0 Å². The van der Waals surface area contributed by atoms with Crippen LogP contribution in [-0.2, 0) is 10.8 Å². The molecule has 0 unspecified atom stereocenters. The molecule has 0 spiro atoms. The van der Waals surface area contributed by atoms with E-state index in [1.807, 2.05) is 0 Å². The molecule has 5 rings (SSSR count). The van der Waals surface area contributed by atoms with Crippen LogP contribution in [0.5, 0.6) is 0 Å². The third kappa shape index (κ3) is 2.19. The van der Waals surface area contributed by atoms with Crippen molar-refractivity contribution in [2.75, 3.05) is 5.32 Å². The maximum absolute atomic E-state index is 3.76. The smallest absolute Gasteiger partial charge is 0.0432 e. The molecule has 28 heavy (non-hydrogen) atoms. The topological polar surface area (TPSA) is 12.0 Å². The average molecular weight is 368 g/mol. The molecule has 0 fully saturated rings.